The summed E-state index contributed by atoms with van der Waals surface area (Å²) in [4.78, 5) is 0. The van der Waals surface area contributed by atoms with Crippen molar-refractivity contribution in [3.05, 3.63) is 34.9 Å². The number of hydrogen-bond acceptors (Lipinski definition) is 1. The van der Waals surface area contributed by atoms with Gasteiger partial charge < -0.3 is 4.74 Å². The number of ether oxygens (including phenoxy) is 1. The Labute approximate surface area is 73.4 Å². The lowest BCUT2D eigenvalue weighted by Crippen LogP contribution is -1.90. The summed E-state index contributed by atoms with van der Waals surface area (Å²) < 4.78 is 5.09. The quantitative estimate of drug-likeness (QED) is 0.648. The molecule has 0 aromatic heterocycles. The van der Waals surface area contributed by atoms with Crippen LogP contribution >= 0.6 is 0 Å². The van der Waals surface area contributed by atoms with Crippen LogP contribution in [-0.2, 0) is 24.2 Å². The molecule has 0 saturated carbocycles. The lowest BCUT2D eigenvalue weighted by atomic mass is 10.1. The Balaban J connectivity index is 2.26. The Hall–Kier alpha value is -0.820. The first-order valence-electron chi connectivity index (χ1n) is 4.50. The molecule has 12 heavy (non-hydrogen) atoms. The van der Waals surface area contributed by atoms with E-state index in [1.165, 1.54) is 36.0 Å². The Kier molecular flexibility index (Phi) is 2.13. The van der Waals surface area contributed by atoms with E-state index in [4.69, 9.17) is 4.74 Å². The van der Waals surface area contributed by atoms with Crippen molar-refractivity contribution in [1.29, 1.82) is 0 Å². The van der Waals surface area contributed by atoms with E-state index in [-0.39, 0.29) is 0 Å². The molecular formula is C11H14O. The van der Waals surface area contributed by atoms with Gasteiger partial charge in [-0.1, -0.05) is 18.2 Å². The molecule has 64 valence electrons. The standard InChI is InChI=1S/C11H14O/c1-12-8-9-5-6-10-3-2-4-11(10)7-9/h5-7H,2-4,8H2,1H3. The van der Waals surface area contributed by atoms with Crippen LogP contribution < -0.4 is 0 Å². The van der Waals surface area contributed by atoms with Crippen LogP contribution in [0.3, 0.4) is 0 Å². The maximum absolute atomic E-state index is 5.09. The van der Waals surface area contributed by atoms with Crippen molar-refractivity contribution >= 4 is 0 Å². The molecule has 0 spiro atoms. The molecule has 0 saturated heterocycles. The summed E-state index contributed by atoms with van der Waals surface area (Å²) in [6, 6.07) is 6.70. The molecule has 0 atom stereocenters. The highest BCUT2D eigenvalue weighted by atomic mass is 16.5. The Morgan fingerprint density at radius 2 is 2.08 bits per heavy atom. The third kappa shape index (κ3) is 1.37. The van der Waals surface area contributed by atoms with Gasteiger partial charge in [-0.15, -0.1) is 0 Å². The molecule has 0 N–H and O–H groups in total. The van der Waals surface area contributed by atoms with Crippen LogP contribution in [0.5, 0.6) is 0 Å². The first-order valence-corrected chi connectivity index (χ1v) is 4.50. The average molecular weight is 162 g/mol. The van der Waals surface area contributed by atoms with Crippen molar-refractivity contribution in [3.8, 4) is 0 Å². The topological polar surface area (TPSA) is 9.23 Å². The molecule has 0 unspecified atom stereocenters. The smallest absolute Gasteiger partial charge is 0.0713 e. The average Bonchev–Trinajstić information content (AvgIpc) is 2.51. The molecule has 0 heterocycles. The van der Waals surface area contributed by atoms with Crippen molar-refractivity contribution in [2.24, 2.45) is 0 Å². The Bertz CT molecular complexity index is 278. The summed E-state index contributed by atoms with van der Waals surface area (Å²) in [5, 5.41) is 0. The van der Waals surface area contributed by atoms with Gasteiger partial charge in [0.05, 0.1) is 6.61 Å². The molecule has 0 aliphatic heterocycles. The lowest BCUT2D eigenvalue weighted by molar-refractivity contribution is 0.185. The predicted octanol–water partition coefficient (Wildman–Crippen LogP) is 2.32. The first kappa shape index (κ1) is 7.81. The van der Waals surface area contributed by atoms with Crippen molar-refractivity contribution in [2.45, 2.75) is 25.9 Å². The van der Waals surface area contributed by atoms with Crippen LogP contribution in [0.4, 0.5) is 0 Å². The van der Waals surface area contributed by atoms with E-state index in [0.717, 1.165) is 6.61 Å². The van der Waals surface area contributed by atoms with Crippen molar-refractivity contribution < 1.29 is 4.74 Å². The highest BCUT2D eigenvalue weighted by Crippen LogP contribution is 2.22. The molecule has 1 aliphatic rings. The zero-order valence-electron chi connectivity index (χ0n) is 7.47. The maximum atomic E-state index is 5.09. The molecular weight excluding hydrogens is 148 g/mol. The molecule has 0 radical (unpaired) electrons. The number of fused-ring (bicyclic) bond motifs is 1. The monoisotopic (exact) mass is 162 g/mol. The number of hydrogen-bond donors (Lipinski definition) is 0. The molecule has 2 rings (SSSR count). The number of aryl methyl sites for hydroxylation is 2. The minimum Gasteiger partial charge on any atom is -0.380 e. The molecule has 1 heteroatoms. The largest absolute Gasteiger partial charge is 0.380 e. The third-order valence-corrected chi connectivity index (χ3v) is 2.47. The van der Waals surface area contributed by atoms with Crippen molar-refractivity contribution in [1.82, 2.24) is 0 Å². The molecule has 0 fully saturated rings. The summed E-state index contributed by atoms with van der Waals surface area (Å²) >= 11 is 0. The minimum absolute atomic E-state index is 0.743. The normalized spacial score (nSPS) is 14.8. The number of benzene rings is 1. The van der Waals surface area contributed by atoms with Crippen LogP contribution in [0, 0.1) is 0 Å². The molecule has 1 aromatic rings. The van der Waals surface area contributed by atoms with Crippen LogP contribution in [0.1, 0.15) is 23.1 Å². The van der Waals surface area contributed by atoms with Crippen LogP contribution in [0.25, 0.3) is 0 Å². The summed E-state index contributed by atoms with van der Waals surface area (Å²) in [6.07, 6.45) is 3.85. The van der Waals surface area contributed by atoms with Gasteiger partial charge in [-0.25, -0.2) is 0 Å². The van der Waals surface area contributed by atoms with Gasteiger partial charge in [0.15, 0.2) is 0 Å². The molecule has 1 aromatic carbocycles. The highest BCUT2D eigenvalue weighted by Gasteiger charge is 2.09. The number of rotatable bonds is 2. The van der Waals surface area contributed by atoms with E-state index in [0.29, 0.717) is 0 Å². The van der Waals surface area contributed by atoms with Crippen molar-refractivity contribution in [2.75, 3.05) is 7.11 Å². The van der Waals surface area contributed by atoms with Gasteiger partial charge in [0.1, 0.15) is 0 Å². The molecule has 0 amide bonds. The second-order valence-electron chi connectivity index (χ2n) is 3.39. The zero-order chi connectivity index (χ0) is 8.39. The van der Waals surface area contributed by atoms with Crippen LogP contribution in [0.15, 0.2) is 18.2 Å². The summed E-state index contributed by atoms with van der Waals surface area (Å²) in [6.45, 7) is 0.743. The van der Waals surface area contributed by atoms with Gasteiger partial charge in [0.25, 0.3) is 0 Å². The Morgan fingerprint density at radius 1 is 1.25 bits per heavy atom. The summed E-state index contributed by atoms with van der Waals surface area (Å²) in [5.74, 6) is 0. The van der Waals surface area contributed by atoms with Crippen LogP contribution in [-0.4, -0.2) is 7.11 Å². The fourth-order valence-corrected chi connectivity index (χ4v) is 1.88. The zero-order valence-corrected chi connectivity index (χ0v) is 7.47. The van der Waals surface area contributed by atoms with Gasteiger partial charge >= 0.3 is 0 Å². The molecule has 1 nitrogen and oxygen atoms in total. The van der Waals surface area contributed by atoms with Gasteiger partial charge in [0.2, 0.25) is 0 Å². The second kappa shape index (κ2) is 3.28. The van der Waals surface area contributed by atoms with E-state index in [1.54, 1.807) is 7.11 Å². The maximum Gasteiger partial charge on any atom is 0.0713 e. The van der Waals surface area contributed by atoms with Gasteiger partial charge in [0, 0.05) is 7.11 Å². The van der Waals surface area contributed by atoms with Gasteiger partial charge in [-0.2, -0.15) is 0 Å². The van der Waals surface area contributed by atoms with Gasteiger partial charge in [-0.05, 0) is 36.0 Å². The SMILES string of the molecule is COCc1ccc2c(c1)CCC2. The van der Waals surface area contributed by atoms with E-state index >= 15 is 0 Å². The summed E-state index contributed by atoms with van der Waals surface area (Å²) in [7, 11) is 1.74. The summed E-state index contributed by atoms with van der Waals surface area (Å²) in [5.41, 5.74) is 4.37. The van der Waals surface area contributed by atoms with E-state index in [1.807, 2.05) is 0 Å². The van der Waals surface area contributed by atoms with E-state index in [2.05, 4.69) is 18.2 Å². The minimum atomic E-state index is 0.743. The highest BCUT2D eigenvalue weighted by molar-refractivity contribution is 5.34. The fraction of sp³-hybridized carbons (Fsp3) is 0.455. The molecule has 1 aliphatic carbocycles. The second-order valence-corrected chi connectivity index (χ2v) is 3.39. The Morgan fingerprint density at radius 3 is 2.92 bits per heavy atom. The lowest BCUT2D eigenvalue weighted by Gasteiger charge is -2.02. The number of methoxy groups -OCH3 is 1. The fourth-order valence-electron chi connectivity index (χ4n) is 1.88. The van der Waals surface area contributed by atoms with E-state index < -0.39 is 0 Å². The van der Waals surface area contributed by atoms with Crippen LogP contribution in [0.2, 0.25) is 0 Å². The van der Waals surface area contributed by atoms with Gasteiger partial charge in [-0.3, -0.25) is 0 Å². The molecule has 0 bridgehead atoms. The third-order valence-electron chi connectivity index (χ3n) is 2.47. The first-order chi connectivity index (χ1) is 5.90. The van der Waals surface area contributed by atoms with E-state index in [9.17, 15) is 0 Å². The predicted molar refractivity (Wildman–Crippen MR) is 49.2 cm³/mol. The van der Waals surface area contributed by atoms with Crippen molar-refractivity contribution in [3.63, 3.8) is 0 Å².